The van der Waals surface area contributed by atoms with Gasteiger partial charge in [0.1, 0.15) is 5.78 Å². The molecule has 0 heterocycles. The Balaban J connectivity index is 1.90. The molecule has 0 bridgehead atoms. The van der Waals surface area contributed by atoms with Crippen LogP contribution in [0.2, 0.25) is 18.1 Å². The third-order valence-electron chi connectivity index (χ3n) is 5.84. The van der Waals surface area contributed by atoms with Crippen LogP contribution in [0.4, 0.5) is 0 Å². The first-order chi connectivity index (χ1) is 9.65. The van der Waals surface area contributed by atoms with Crippen molar-refractivity contribution in [2.24, 2.45) is 17.8 Å². The van der Waals surface area contributed by atoms with Gasteiger partial charge in [-0.2, -0.15) is 0 Å². The van der Waals surface area contributed by atoms with Gasteiger partial charge < -0.3 is 9.53 Å². The summed E-state index contributed by atoms with van der Waals surface area (Å²) in [5, 5.41) is 9.62. The van der Waals surface area contributed by atoms with E-state index >= 15 is 0 Å². The predicted molar refractivity (Wildman–Crippen MR) is 87.6 cm³/mol. The molecule has 120 valence electrons. The Morgan fingerprint density at radius 2 is 1.95 bits per heavy atom. The molecule has 3 atom stereocenters. The standard InChI is InChI=1S/C17H30O3Si/c1-17(2,3)21(4,5)20-7-6-12-8-13-10-16(19)15(11-18)14(13)9-12/h6,13-15,18H,7-11H2,1-5H3/b12-6+/t13-,14-,15+/m0/s1. The van der Waals surface area contributed by atoms with Gasteiger partial charge >= 0.3 is 0 Å². The summed E-state index contributed by atoms with van der Waals surface area (Å²) in [5.41, 5.74) is 1.43. The van der Waals surface area contributed by atoms with Crippen LogP contribution in [0.15, 0.2) is 11.6 Å². The first-order valence-electron chi connectivity index (χ1n) is 8.11. The van der Waals surface area contributed by atoms with Crippen molar-refractivity contribution in [1.82, 2.24) is 0 Å². The first-order valence-corrected chi connectivity index (χ1v) is 11.0. The monoisotopic (exact) mass is 310 g/mol. The fourth-order valence-electron chi connectivity index (χ4n) is 3.37. The summed E-state index contributed by atoms with van der Waals surface area (Å²) in [5.74, 6) is 1.00. The molecule has 2 rings (SSSR count). The number of allylic oxidation sites excluding steroid dienone is 1. The van der Waals surface area contributed by atoms with E-state index in [-0.39, 0.29) is 23.3 Å². The van der Waals surface area contributed by atoms with Crippen molar-refractivity contribution in [3.8, 4) is 0 Å². The number of aliphatic hydroxyl groups is 1. The minimum absolute atomic E-state index is 0.0216. The Morgan fingerprint density at radius 3 is 2.52 bits per heavy atom. The van der Waals surface area contributed by atoms with Gasteiger partial charge in [0.2, 0.25) is 0 Å². The lowest BCUT2D eigenvalue weighted by molar-refractivity contribution is -0.122. The van der Waals surface area contributed by atoms with Crippen molar-refractivity contribution in [3.05, 3.63) is 11.6 Å². The smallest absolute Gasteiger partial charge is 0.192 e. The molecule has 0 aromatic rings. The van der Waals surface area contributed by atoms with E-state index in [4.69, 9.17) is 4.43 Å². The van der Waals surface area contributed by atoms with Gasteiger partial charge in [-0.25, -0.2) is 0 Å². The highest BCUT2D eigenvalue weighted by molar-refractivity contribution is 6.74. The van der Waals surface area contributed by atoms with E-state index < -0.39 is 8.32 Å². The highest BCUT2D eigenvalue weighted by Crippen LogP contribution is 2.48. The van der Waals surface area contributed by atoms with E-state index in [9.17, 15) is 9.90 Å². The second-order valence-electron chi connectivity index (χ2n) is 8.23. The summed E-state index contributed by atoms with van der Waals surface area (Å²) in [6.07, 6.45) is 4.89. The van der Waals surface area contributed by atoms with E-state index in [0.29, 0.717) is 24.9 Å². The zero-order chi connectivity index (χ0) is 15.8. The average Bonchev–Trinajstić information content (AvgIpc) is 2.83. The normalized spacial score (nSPS) is 32.0. The molecular weight excluding hydrogens is 280 g/mol. The number of carbonyl (C=O) groups is 1. The quantitative estimate of drug-likeness (QED) is 0.638. The van der Waals surface area contributed by atoms with Crippen LogP contribution in [0.3, 0.4) is 0 Å². The molecule has 1 N–H and O–H groups in total. The number of carbonyl (C=O) groups excluding carboxylic acids is 1. The Bertz CT molecular complexity index is 434. The fraction of sp³-hybridized carbons (Fsp3) is 0.824. The zero-order valence-corrected chi connectivity index (χ0v) is 15.1. The second-order valence-corrected chi connectivity index (χ2v) is 13.0. The molecule has 0 unspecified atom stereocenters. The van der Waals surface area contributed by atoms with Crippen molar-refractivity contribution in [1.29, 1.82) is 0 Å². The van der Waals surface area contributed by atoms with Crippen LogP contribution in [0.25, 0.3) is 0 Å². The highest BCUT2D eigenvalue weighted by atomic mass is 28.4. The molecule has 0 aromatic carbocycles. The molecule has 2 saturated carbocycles. The lowest BCUT2D eigenvalue weighted by Gasteiger charge is -2.35. The minimum Gasteiger partial charge on any atom is -0.413 e. The highest BCUT2D eigenvalue weighted by Gasteiger charge is 2.45. The van der Waals surface area contributed by atoms with Crippen LogP contribution in [0, 0.1) is 17.8 Å². The van der Waals surface area contributed by atoms with Crippen molar-refractivity contribution in [3.63, 3.8) is 0 Å². The van der Waals surface area contributed by atoms with Gasteiger partial charge in [0.05, 0.1) is 13.2 Å². The van der Waals surface area contributed by atoms with Crippen molar-refractivity contribution in [2.45, 2.75) is 58.2 Å². The van der Waals surface area contributed by atoms with Gasteiger partial charge in [-0.3, -0.25) is 4.79 Å². The number of hydrogen-bond donors (Lipinski definition) is 1. The summed E-state index contributed by atoms with van der Waals surface area (Å²) in [6.45, 7) is 12.0. The summed E-state index contributed by atoms with van der Waals surface area (Å²) in [7, 11) is -1.68. The average molecular weight is 311 g/mol. The Labute approximate surface area is 129 Å². The van der Waals surface area contributed by atoms with Crippen LogP contribution in [0.5, 0.6) is 0 Å². The third kappa shape index (κ3) is 3.49. The largest absolute Gasteiger partial charge is 0.413 e. The van der Waals surface area contributed by atoms with E-state index in [1.807, 2.05) is 0 Å². The van der Waals surface area contributed by atoms with Crippen LogP contribution in [0.1, 0.15) is 40.0 Å². The van der Waals surface area contributed by atoms with Gasteiger partial charge in [0.15, 0.2) is 8.32 Å². The Morgan fingerprint density at radius 1 is 1.29 bits per heavy atom. The molecule has 0 saturated heterocycles. The van der Waals surface area contributed by atoms with Crippen molar-refractivity contribution >= 4 is 14.1 Å². The molecule has 0 aliphatic heterocycles. The van der Waals surface area contributed by atoms with Crippen LogP contribution in [-0.4, -0.2) is 32.4 Å². The van der Waals surface area contributed by atoms with Gasteiger partial charge in [0, 0.05) is 12.3 Å². The van der Waals surface area contributed by atoms with Crippen LogP contribution in [-0.2, 0) is 9.22 Å². The van der Waals surface area contributed by atoms with Gasteiger partial charge in [-0.15, -0.1) is 0 Å². The van der Waals surface area contributed by atoms with E-state index in [0.717, 1.165) is 12.8 Å². The summed E-state index contributed by atoms with van der Waals surface area (Å²) in [6, 6.07) is 0. The third-order valence-corrected chi connectivity index (χ3v) is 10.3. The molecule has 0 radical (unpaired) electrons. The zero-order valence-electron chi connectivity index (χ0n) is 14.1. The molecule has 0 spiro atoms. The maximum absolute atomic E-state index is 11.8. The number of rotatable bonds is 4. The molecule has 2 aliphatic rings. The van der Waals surface area contributed by atoms with E-state index in [2.05, 4.69) is 39.9 Å². The number of fused-ring (bicyclic) bond motifs is 1. The molecule has 0 aromatic heterocycles. The number of ketones is 1. The number of hydrogen-bond acceptors (Lipinski definition) is 3. The van der Waals surface area contributed by atoms with Crippen LogP contribution >= 0.6 is 0 Å². The van der Waals surface area contributed by atoms with Gasteiger partial charge in [-0.1, -0.05) is 32.4 Å². The summed E-state index contributed by atoms with van der Waals surface area (Å²) < 4.78 is 6.20. The van der Waals surface area contributed by atoms with Crippen LogP contribution < -0.4 is 0 Å². The molecule has 3 nitrogen and oxygen atoms in total. The minimum atomic E-state index is -1.68. The maximum Gasteiger partial charge on any atom is 0.192 e. The fourth-order valence-corrected chi connectivity index (χ4v) is 4.31. The van der Waals surface area contributed by atoms with Crippen molar-refractivity contribution in [2.75, 3.05) is 13.2 Å². The maximum atomic E-state index is 11.8. The summed E-state index contributed by atoms with van der Waals surface area (Å²) in [4.78, 5) is 11.8. The number of Topliss-reactive ketones (excluding diaryl/α,β-unsaturated/α-hetero) is 1. The molecule has 4 heteroatoms. The molecule has 2 aliphatic carbocycles. The van der Waals surface area contributed by atoms with Gasteiger partial charge in [-0.05, 0) is 42.8 Å². The van der Waals surface area contributed by atoms with E-state index in [1.165, 1.54) is 5.57 Å². The predicted octanol–water partition coefficient (Wildman–Crippen LogP) is 3.54. The molecule has 2 fully saturated rings. The molecule has 21 heavy (non-hydrogen) atoms. The SMILES string of the molecule is CC(C)(C)[Si](C)(C)OC/C=C1\C[C@H]2CC(=O)[C@H](CO)[C@H]2C1. The second kappa shape index (κ2) is 5.97. The van der Waals surface area contributed by atoms with E-state index in [1.54, 1.807) is 0 Å². The first kappa shape index (κ1) is 16.9. The molecule has 0 amide bonds. The lowest BCUT2D eigenvalue weighted by atomic mass is 9.92. The molecular formula is C17H30O3Si. The Hall–Kier alpha value is -0.453. The summed E-state index contributed by atoms with van der Waals surface area (Å²) >= 11 is 0. The topological polar surface area (TPSA) is 46.5 Å². The van der Waals surface area contributed by atoms with Crippen molar-refractivity contribution < 1.29 is 14.3 Å². The Kier molecular flexibility index (Phi) is 4.81. The van der Waals surface area contributed by atoms with Gasteiger partial charge in [0.25, 0.3) is 0 Å². The number of aliphatic hydroxyl groups excluding tert-OH is 1. The lowest BCUT2D eigenvalue weighted by Crippen LogP contribution is -2.40.